The molecule has 1 aromatic carbocycles. The molecule has 0 aliphatic heterocycles. The molecule has 1 heterocycles. The lowest BCUT2D eigenvalue weighted by molar-refractivity contribution is 0.0839. The highest BCUT2D eigenvalue weighted by Crippen LogP contribution is 2.23. The van der Waals surface area contributed by atoms with Crippen molar-refractivity contribution in [3.05, 3.63) is 30.1 Å². The zero-order valence-electron chi connectivity index (χ0n) is 11.3. The van der Waals surface area contributed by atoms with Gasteiger partial charge in [0.05, 0.1) is 17.4 Å². The molecule has 0 spiro atoms. The fourth-order valence-electron chi connectivity index (χ4n) is 2.19. The molecule has 96 valence electrons. The van der Waals surface area contributed by atoms with Crippen molar-refractivity contribution in [2.75, 3.05) is 13.6 Å². The first-order valence-corrected chi connectivity index (χ1v) is 6.06. The Morgan fingerprint density at radius 2 is 2.17 bits per heavy atom. The summed E-state index contributed by atoms with van der Waals surface area (Å²) in [5, 5.41) is 3.06. The van der Waals surface area contributed by atoms with Crippen LogP contribution in [-0.4, -0.2) is 28.9 Å². The molecule has 4 nitrogen and oxygen atoms in total. The van der Waals surface area contributed by atoms with Crippen molar-refractivity contribution in [1.29, 1.82) is 0 Å². The standard InChI is InChI=1S/C14H19N3O/c1-14(2,8-15-3)13(18)10-5-6-12-11(7-10)16-9-17(12)4/h5-7,9,15H,8H2,1-4H3. The van der Waals surface area contributed by atoms with Crippen LogP contribution < -0.4 is 5.32 Å². The first-order valence-electron chi connectivity index (χ1n) is 6.06. The highest BCUT2D eigenvalue weighted by molar-refractivity contribution is 6.02. The Bertz CT molecular complexity index is 584. The summed E-state index contributed by atoms with van der Waals surface area (Å²) < 4.78 is 1.95. The van der Waals surface area contributed by atoms with Gasteiger partial charge in [-0.15, -0.1) is 0 Å². The SMILES string of the molecule is CNCC(C)(C)C(=O)c1ccc2c(c1)ncn2C. The second kappa shape index (κ2) is 4.53. The molecule has 0 saturated heterocycles. The summed E-state index contributed by atoms with van der Waals surface area (Å²) in [6, 6.07) is 5.70. The van der Waals surface area contributed by atoms with E-state index in [1.54, 1.807) is 6.33 Å². The number of imidazole rings is 1. The molecule has 0 radical (unpaired) electrons. The first kappa shape index (κ1) is 12.8. The van der Waals surface area contributed by atoms with Gasteiger partial charge in [-0.25, -0.2) is 4.98 Å². The summed E-state index contributed by atoms with van der Waals surface area (Å²) >= 11 is 0. The Hall–Kier alpha value is -1.68. The topological polar surface area (TPSA) is 46.9 Å². The van der Waals surface area contributed by atoms with Crippen LogP contribution >= 0.6 is 0 Å². The van der Waals surface area contributed by atoms with Gasteiger partial charge in [0.25, 0.3) is 0 Å². The third-order valence-corrected chi connectivity index (χ3v) is 3.22. The van der Waals surface area contributed by atoms with Crippen LogP contribution in [0, 0.1) is 5.41 Å². The largest absolute Gasteiger partial charge is 0.334 e. The van der Waals surface area contributed by atoms with Crippen LogP contribution in [0.25, 0.3) is 11.0 Å². The molecular formula is C14H19N3O. The van der Waals surface area contributed by atoms with Gasteiger partial charge in [0, 0.05) is 24.6 Å². The van der Waals surface area contributed by atoms with Gasteiger partial charge in [0.2, 0.25) is 0 Å². The number of ketones is 1. The second-order valence-electron chi connectivity index (χ2n) is 5.30. The molecule has 0 amide bonds. The summed E-state index contributed by atoms with van der Waals surface area (Å²) in [5.41, 5.74) is 2.22. The molecule has 2 rings (SSSR count). The third-order valence-electron chi connectivity index (χ3n) is 3.22. The van der Waals surface area contributed by atoms with Crippen LogP contribution in [0.4, 0.5) is 0 Å². The summed E-state index contributed by atoms with van der Waals surface area (Å²) in [7, 11) is 3.80. The molecule has 4 heteroatoms. The number of fused-ring (bicyclic) bond motifs is 1. The number of nitrogens with one attached hydrogen (secondary N) is 1. The maximum Gasteiger partial charge on any atom is 0.169 e. The van der Waals surface area contributed by atoms with E-state index in [9.17, 15) is 4.79 Å². The van der Waals surface area contributed by atoms with Gasteiger partial charge >= 0.3 is 0 Å². The van der Waals surface area contributed by atoms with E-state index in [1.807, 2.05) is 50.7 Å². The predicted molar refractivity (Wildman–Crippen MR) is 72.8 cm³/mol. The van der Waals surface area contributed by atoms with Crippen LogP contribution in [0.3, 0.4) is 0 Å². The Balaban J connectivity index is 2.39. The van der Waals surface area contributed by atoms with Crippen LogP contribution in [-0.2, 0) is 7.05 Å². The highest BCUT2D eigenvalue weighted by atomic mass is 16.1. The van der Waals surface area contributed by atoms with Gasteiger partial charge in [0.1, 0.15) is 0 Å². The Morgan fingerprint density at radius 3 is 2.83 bits per heavy atom. The van der Waals surface area contributed by atoms with E-state index >= 15 is 0 Å². The maximum absolute atomic E-state index is 12.4. The summed E-state index contributed by atoms with van der Waals surface area (Å²) in [4.78, 5) is 16.7. The van der Waals surface area contributed by atoms with E-state index < -0.39 is 5.41 Å². The minimum atomic E-state index is -0.406. The summed E-state index contributed by atoms with van der Waals surface area (Å²) in [5.74, 6) is 0.143. The average Bonchev–Trinajstić information content (AvgIpc) is 2.69. The van der Waals surface area contributed by atoms with Crippen molar-refractivity contribution in [3.63, 3.8) is 0 Å². The maximum atomic E-state index is 12.4. The van der Waals surface area contributed by atoms with E-state index in [-0.39, 0.29) is 5.78 Å². The third kappa shape index (κ3) is 2.16. The van der Waals surface area contributed by atoms with Gasteiger partial charge < -0.3 is 9.88 Å². The van der Waals surface area contributed by atoms with Crippen molar-refractivity contribution >= 4 is 16.8 Å². The molecular weight excluding hydrogens is 226 g/mol. The number of hydrogen-bond donors (Lipinski definition) is 1. The number of carbonyl (C=O) groups is 1. The lowest BCUT2D eigenvalue weighted by Crippen LogP contribution is -2.34. The van der Waals surface area contributed by atoms with E-state index in [0.29, 0.717) is 6.54 Å². The van der Waals surface area contributed by atoms with Crippen LogP contribution in [0.5, 0.6) is 0 Å². The number of aryl methyl sites for hydroxylation is 1. The summed E-state index contributed by atoms with van der Waals surface area (Å²) in [6.45, 7) is 4.56. The highest BCUT2D eigenvalue weighted by Gasteiger charge is 2.28. The number of Topliss-reactive ketones (excluding diaryl/α,β-unsaturated/α-hetero) is 1. The predicted octanol–water partition coefficient (Wildman–Crippen LogP) is 2.00. The van der Waals surface area contributed by atoms with Crippen molar-refractivity contribution < 1.29 is 4.79 Å². The van der Waals surface area contributed by atoms with Crippen molar-refractivity contribution in [1.82, 2.24) is 14.9 Å². The van der Waals surface area contributed by atoms with Gasteiger partial charge in [-0.2, -0.15) is 0 Å². The van der Waals surface area contributed by atoms with Gasteiger partial charge in [-0.05, 0) is 25.2 Å². The molecule has 1 aromatic heterocycles. The number of carbonyl (C=O) groups excluding carboxylic acids is 1. The molecule has 0 aliphatic rings. The van der Waals surface area contributed by atoms with E-state index in [4.69, 9.17) is 0 Å². The smallest absolute Gasteiger partial charge is 0.169 e. The van der Waals surface area contributed by atoms with Gasteiger partial charge in [-0.3, -0.25) is 4.79 Å². The lowest BCUT2D eigenvalue weighted by Gasteiger charge is -2.22. The quantitative estimate of drug-likeness (QED) is 0.838. The van der Waals surface area contributed by atoms with Crippen LogP contribution in [0.15, 0.2) is 24.5 Å². The summed E-state index contributed by atoms with van der Waals surface area (Å²) in [6.07, 6.45) is 1.76. The molecule has 2 aromatic rings. The number of aromatic nitrogens is 2. The molecule has 18 heavy (non-hydrogen) atoms. The van der Waals surface area contributed by atoms with Gasteiger partial charge in [0.15, 0.2) is 5.78 Å². The molecule has 0 fully saturated rings. The minimum Gasteiger partial charge on any atom is -0.334 e. The van der Waals surface area contributed by atoms with E-state index in [1.165, 1.54) is 0 Å². The van der Waals surface area contributed by atoms with Crippen molar-refractivity contribution in [3.8, 4) is 0 Å². The number of nitrogens with zero attached hydrogens (tertiary/aromatic N) is 2. The Morgan fingerprint density at radius 1 is 1.44 bits per heavy atom. The lowest BCUT2D eigenvalue weighted by atomic mass is 9.84. The normalized spacial score (nSPS) is 12.0. The minimum absolute atomic E-state index is 0.143. The molecule has 0 bridgehead atoms. The number of benzene rings is 1. The molecule has 1 N–H and O–H groups in total. The van der Waals surface area contributed by atoms with Gasteiger partial charge in [-0.1, -0.05) is 13.8 Å². The first-order chi connectivity index (χ1) is 8.45. The van der Waals surface area contributed by atoms with Crippen molar-refractivity contribution in [2.45, 2.75) is 13.8 Å². The molecule has 0 atom stereocenters. The van der Waals surface area contributed by atoms with E-state index in [0.717, 1.165) is 16.6 Å². The fraction of sp³-hybridized carbons (Fsp3) is 0.429. The van der Waals surface area contributed by atoms with Crippen LogP contribution in [0.1, 0.15) is 24.2 Å². The Labute approximate surface area is 107 Å². The number of hydrogen-bond acceptors (Lipinski definition) is 3. The molecule has 0 unspecified atom stereocenters. The zero-order chi connectivity index (χ0) is 13.3. The molecule has 0 saturated carbocycles. The van der Waals surface area contributed by atoms with E-state index in [2.05, 4.69) is 10.3 Å². The average molecular weight is 245 g/mol. The molecule has 0 aliphatic carbocycles. The second-order valence-corrected chi connectivity index (χ2v) is 5.30. The monoisotopic (exact) mass is 245 g/mol. The zero-order valence-corrected chi connectivity index (χ0v) is 11.3. The fourth-order valence-corrected chi connectivity index (χ4v) is 2.19. The van der Waals surface area contributed by atoms with Crippen molar-refractivity contribution in [2.24, 2.45) is 12.5 Å². The van der Waals surface area contributed by atoms with Crippen LogP contribution in [0.2, 0.25) is 0 Å². The number of rotatable bonds is 4. The Kier molecular flexibility index (Phi) is 3.22.